The molecule has 98 valence electrons. The van der Waals surface area contributed by atoms with Crippen molar-refractivity contribution >= 4 is 57.1 Å². The lowest BCUT2D eigenvalue weighted by atomic mass is 10.0. The summed E-state index contributed by atoms with van der Waals surface area (Å²) in [5.74, 6) is -1.02. The Kier molecular flexibility index (Phi) is 4.04. The van der Waals surface area contributed by atoms with E-state index >= 15 is 0 Å². The van der Waals surface area contributed by atoms with Crippen LogP contribution in [0.15, 0.2) is 48.5 Å². The van der Waals surface area contributed by atoms with E-state index in [2.05, 4.69) is 0 Å². The van der Waals surface area contributed by atoms with Crippen molar-refractivity contribution < 1.29 is 9.90 Å². The van der Waals surface area contributed by atoms with Gasteiger partial charge in [0.25, 0.3) is 3.79 Å². The number of rotatable bonds is 2. The molecule has 0 saturated carbocycles. The van der Waals surface area contributed by atoms with Crippen LogP contribution in [-0.4, -0.2) is 14.7 Å². The molecule has 0 aromatic heterocycles. The van der Waals surface area contributed by atoms with Crippen LogP contribution in [0.4, 0.5) is 0 Å². The highest BCUT2D eigenvalue weighted by molar-refractivity contribution is 6.77. The Labute approximate surface area is 125 Å². The third-order valence-electron chi connectivity index (χ3n) is 2.61. The van der Waals surface area contributed by atoms with Gasteiger partial charge >= 0.3 is 0 Å². The summed E-state index contributed by atoms with van der Waals surface area (Å²) in [4.78, 5) is 11.6. The van der Waals surface area contributed by atoms with Gasteiger partial charge in [0, 0.05) is 11.6 Å². The van der Waals surface area contributed by atoms with E-state index < -0.39 is 9.58 Å². The fourth-order valence-electron chi connectivity index (χ4n) is 1.73. The molecule has 0 unspecified atom stereocenters. The van der Waals surface area contributed by atoms with Gasteiger partial charge in [-0.2, -0.15) is 0 Å². The Balaban J connectivity index is 2.51. The van der Waals surface area contributed by atoms with Crippen LogP contribution in [0.5, 0.6) is 0 Å². The van der Waals surface area contributed by atoms with Crippen LogP contribution in [0.3, 0.4) is 0 Å². The van der Waals surface area contributed by atoms with Crippen LogP contribution < -0.4 is 0 Å². The van der Waals surface area contributed by atoms with Crippen molar-refractivity contribution in [2.24, 2.45) is 0 Å². The van der Waals surface area contributed by atoms with E-state index in [1.54, 1.807) is 12.1 Å². The number of alkyl halides is 3. The third kappa shape index (κ3) is 3.21. The lowest BCUT2D eigenvalue weighted by molar-refractivity contribution is -0.113. The standard InChI is InChI=1S/C14H9Cl3O2/c15-14(16,17)13(19)8-12(18)11-7-3-5-9-4-1-2-6-10(9)11/h1-8,18H/b12-8-. The number of hydrogen-bond donors (Lipinski definition) is 1. The molecule has 0 aliphatic heterocycles. The zero-order chi connectivity index (χ0) is 14.0. The zero-order valence-electron chi connectivity index (χ0n) is 9.61. The molecule has 2 aromatic rings. The average Bonchev–Trinajstić information content (AvgIpc) is 2.36. The molecular formula is C14H9Cl3O2. The summed E-state index contributed by atoms with van der Waals surface area (Å²) in [5, 5.41) is 11.8. The van der Waals surface area contributed by atoms with Crippen molar-refractivity contribution in [3.05, 3.63) is 54.1 Å². The molecule has 0 atom stereocenters. The van der Waals surface area contributed by atoms with E-state index in [-0.39, 0.29) is 5.76 Å². The largest absolute Gasteiger partial charge is 0.507 e. The van der Waals surface area contributed by atoms with Gasteiger partial charge in [0.1, 0.15) is 5.76 Å². The van der Waals surface area contributed by atoms with Crippen molar-refractivity contribution in [2.45, 2.75) is 3.79 Å². The first-order chi connectivity index (χ1) is 8.89. The summed E-state index contributed by atoms with van der Waals surface area (Å²) in [5.41, 5.74) is 0.515. The summed E-state index contributed by atoms with van der Waals surface area (Å²) >= 11 is 16.4. The minimum atomic E-state index is -2.07. The van der Waals surface area contributed by atoms with E-state index in [0.29, 0.717) is 5.56 Å². The number of ketones is 1. The van der Waals surface area contributed by atoms with Gasteiger partial charge in [0.05, 0.1) is 0 Å². The average molecular weight is 316 g/mol. The molecule has 0 spiro atoms. The maximum absolute atomic E-state index is 11.6. The molecule has 0 aliphatic carbocycles. The number of aliphatic hydroxyl groups is 1. The number of hydrogen-bond acceptors (Lipinski definition) is 2. The summed E-state index contributed by atoms with van der Waals surface area (Å²) in [6, 6.07) is 12.9. The summed E-state index contributed by atoms with van der Waals surface area (Å²) < 4.78 is -2.07. The van der Waals surface area contributed by atoms with E-state index in [1.165, 1.54) is 0 Å². The molecule has 0 amide bonds. The number of allylic oxidation sites excluding steroid dienone is 1. The second kappa shape index (κ2) is 5.41. The first-order valence-corrected chi connectivity index (χ1v) is 6.53. The topological polar surface area (TPSA) is 37.3 Å². The first kappa shape index (κ1) is 14.2. The van der Waals surface area contributed by atoms with Crippen molar-refractivity contribution in [2.75, 3.05) is 0 Å². The van der Waals surface area contributed by atoms with Crippen molar-refractivity contribution in [1.29, 1.82) is 0 Å². The summed E-state index contributed by atoms with van der Waals surface area (Å²) in [7, 11) is 0. The number of aliphatic hydroxyl groups excluding tert-OH is 1. The smallest absolute Gasteiger partial charge is 0.252 e. The molecule has 19 heavy (non-hydrogen) atoms. The van der Waals surface area contributed by atoms with Gasteiger partial charge in [0.2, 0.25) is 5.78 Å². The van der Waals surface area contributed by atoms with Crippen molar-refractivity contribution in [3.8, 4) is 0 Å². The van der Waals surface area contributed by atoms with E-state index in [4.69, 9.17) is 34.8 Å². The number of halogens is 3. The van der Waals surface area contributed by atoms with Gasteiger partial charge in [-0.1, -0.05) is 77.3 Å². The fourth-order valence-corrected chi connectivity index (χ4v) is 1.90. The molecule has 0 radical (unpaired) electrons. The third-order valence-corrected chi connectivity index (χ3v) is 3.17. The van der Waals surface area contributed by atoms with Crippen LogP contribution in [-0.2, 0) is 4.79 Å². The maximum atomic E-state index is 11.6. The van der Waals surface area contributed by atoms with Gasteiger partial charge < -0.3 is 5.11 Å². The SMILES string of the molecule is O=C(/C=C(\O)c1cccc2ccccc12)C(Cl)(Cl)Cl. The highest BCUT2D eigenvalue weighted by Crippen LogP contribution is 2.30. The van der Waals surface area contributed by atoms with Crippen LogP contribution >= 0.6 is 34.8 Å². The Morgan fingerprint density at radius 2 is 1.68 bits per heavy atom. The van der Waals surface area contributed by atoms with E-state index in [0.717, 1.165) is 16.8 Å². The van der Waals surface area contributed by atoms with Gasteiger partial charge in [-0.3, -0.25) is 4.79 Å². The van der Waals surface area contributed by atoms with Crippen LogP contribution in [0.1, 0.15) is 5.56 Å². The molecule has 2 nitrogen and oxygen atoms in total. The molecule has 0 saturated heterocycles. The molecule has 0 fully saturated rings. The predicted octanol–water partition coefficient (Wildman–Crippen LogP) is 4.68. The number of carbonyl (C=O) groups excluding carboxylic acids is 1. The molecule has 5 heteroatoms. The second-order valence-electron chi connectivity index (χ2n) is 3.92. The Bertz CT molecular complexity index is 652. The van der Waals surface area contributed by atoms with Crippen LogP contribution in [0, 0.1) is 0 Å². The highest BCUT2D eigenvalue weighted by atomic mass is 35.6. The maximum Gasteiger partial charge on any atom is 0.252 e. The number of carbonyl (C=O) groups is 1. The molecule has 0 heterocycles. The van der Waals surface area contributed by atoms with E-state index in [1.807, 2.05) is 30.3 Å². The molecule has 2 aromatic carbocycles. The highest BCUT2D eigenvalue weighted by Gasteiger charge is 2.29. The quantitative estimate of drug-likeness (QED) is 0.496. The fraction of sp³-hybridized carbons (Fsp3) is 0.0714. The van der Waals surface area contributed by atoms with Crippen LogP contribution in [0.25, 0.3) is 16.5 Å². The van der Waals surface area contributed by atoms with E-state index in [9.17, 15) is 9.90 Å². The Morgan fingerprint density at radius 3 is 2.37 bits per heavy atom. The Morgan fingerprint density at radius 1 is 1.05 bits per heavy atom. The number of benzene rings is 2. The minimum Gasteiger partial charge on any atom is -0.507 e. The van der Waals surface area contributed by atoms with Gasteiger partial charge in [-0.15, -0.1) is 0 Å². The monoisotopic (exact) mass is 314 g/mol. The molecule has 0 bridgehead atoms. The zero-order valence-corrected chi connectivity index (χ0v) is 11.9. The van der Waals surface area contributed by atoms with Gasteiger partial charge in [-0.05, 0) is 10.8 Å². The molecular weight excluding hydrogens is 307 g/mol. The molecule has 0 aliphatic rings. The molecule has 2 rings (SSSR count). The van der Waals surface area contributed by atoms with Gasteiger partial charge in [0.15, 0.2) is 0 Å². The normalized spacial score (nSPS) is 12.7. The van der Waals surface area contributed by atoms with Gasteiger partial charge in [-0.25, -0.2) is 0 Å². The summed E-state index contributed by atoms with van der Waals surface area (Å²) in [6.45, 7) is 0. The molecule has 1 N–H and O–H groups in total. The van der Waals surface area contributed by atoms with Crippen molar-refractivity contribution in [3.63, 3.8) is 0 Å². The lowest BCUT2D eigenvalue weighted by Gasteiger charge is -2.08. The second-order valence-corrected chi connectivity index (χ2v) is 6.20. The number of fused-ring (bicyclic) bond motifs is 1. The predicted molar refractivity (Wildman–Crippen MR) is 79.9 cm³/mol. The Hall–Kier alpha value is -1.22. The minimum absolute atomic E-state index is 0.229. The lowest BCUT2D eigenvalue weighted by Crippen LogP contribution is -2.16. The van der Waals surface area contributed by atoms with Crippen molar-refractivity contribution in [1.82, 2.24) is 0 Å². The summed E-state index contributed by atoms with van der Waals surface area (Å²) in [6.07, 6.45) is 0.925. The first-order valence-electron chi connectivity index (χ1n) is 5.39. The van der Waals surface area contributed by atoms with Crippen LogP contribution in [0.2, 0.25) is 0 Å².